The molecule has 28 heavy (non-hydrogen) atoms. The number of ether oxygens (including phenoxy) is 1. The van der Waals surface area contributed by atoms with Crippen LogP contribution in [0.15, 0.2) is 36.4 Å². The topological polar surface area (TPSA) is 50.4 Å². The molecular formula is C19H19ClF4N2O2. The summed E-state index contributed by atoms with van der Waals surface area (Å²) in [5.74, 6) is -4.44. The van der Waals surface area contributed by atoms with Gasteiger partial charge in [-0.3, -0.25) is 4.79 Å². The van der Waals surface area contributed by atoms with Crippen LogP contribution in [-0.4, -0.2) is 31.6 Å². The zero-order chi connectivity index (χ0) is 19.4. The van der Waals surface area contributed by atoms with Gasteiger partial charge in [-0.1, -0.05) is 6.07 Å². The molecule has 0 spiro atoms. The summed E-state index contributed by atoms with van der Waals surface area (Å²) in [7, 11) is 0. The molecule has 1 aliphatic rings. The summed E-state index contributed by atoms with van der Waals surface area (Å²) >= 11 is 0. The van der Waals surface area contributed by atoms with E-state index >= 15 is 0 Å². The van der Waals surface area contributed by atoms with Crippen molar-refractivity contribution in [1.29, 1.82) is 0 Å². The molecule has 2 aromatic carbocycles. The van der Waals surface area contributed by atoms with Crippen molar-refractivity contribution in [2.75, 3.05) is 19.7 Å². The number of carbonyl (C=O) groups excluding carboxylic acids is 1. The van der Waals surface area contributed by atoms with Gasteiger partial charge in [0.1, 0.15) is 5.82 Å². The van der Waals surface area contributed by atoms with E-state index in [-0.39, 0.29) is 30.1 Å². The molecule has 2 atom stereocenters. The van der Waals surface area contributed by atoms with Crippen LogP contribution < -0.4 is 15.4 Å². The van der Waals surface area contributed by atoms with Gasteiger partial charge in [0, 0.05) is 24.6 Å². The quantitative estimate of drug-likeness (QED) is 0.732. The summed E-state index contributed by atoms with van der Waals surface area (Å²) in [5, 5.41) is 5.89. The van der Waals surface area contributed by atoms with Crippen molar-refractivity contribution in [2.45, 2.75) is 18.4 Å². The Hall–Kier alpha value is -2.32. The molecule has 1 saturated heterocycles. The molecule has 4 nitrogen and oxygen atoms in total. The predicted octanol–water partition coefficient (Wildman–Crippen LogP) is 3.31. The van der Waals surface area contributed by atoms with E-state index in [9.17, 15) is 22.4 Å². The predicted molar refractivity (Wildman–Crippen MR) is 97.6 cm³/mol. The lowest BCUT2D eigenvalue weighted by Crippen LogP contribution is -2.51. The molecule has 1 aliphatic heterocycles. The highest BCUT2D eigenvalue weighted by Gasteiger charge is 2.28. The summed E-state index contributed by atoms with van der Waals surface area (Å²) < 4.78 is 58.2. The van der Waals surface area contributed by atoms with Crippen molar-refractivity contribution in [3.05, 3.63) is 65.2 Å². The normalized spacial score (nSPS) is 18.9. The van der Waals surface area contributed by atoms with Crippen LogP contribution in [0.5, 0.6) is 5.75 Å². The Morgan fingerprint density at radius 1 is 1.07 bits per heavy atom. The van der Waals surface area contributed by atoms with E-state index in [0.717, 1.165) is 24.3 Å². The molecule has 0 radical (unpaired) electrons. The summed E-state index contributed by atoms with van der Waals surface area (Å²) in [4.78, 5) is 12.2. The summed E-state index contributed by atoms with van der Waals surface area (Å²) in [6.07, 6.45) is 0.628. The zero-order valence-electron chi connectivity index (χ0n) is 14.7. The van der Waals surface area contributed by atoms with Gasteiger partial charge in [0.05, 0.1) is 0 Å². The number of carbonyl (C=O) groups is 1. The fraction of sp³-hybridized carbons (Fsp3) is 0.316. The third kappa shape index (κ3) is 5.36. The minimum atomic E-state index is -0.939. The first kappa shape index (κ1) is 22.0. The van der Waals surface area contributed by atoms with E-state index < -0.39 is 35.8 Å². The molecule has 0 aliphatic carbocycles. The van der Waals surface area contributed by atoms with E-state index in [1.165, 1.54) is 6.07 Å². The maximum atomic E-state index is 13.5. The highest BCUT2D eigenvalue weighted by atomic mass is 35.5. The van der Waals surface area contributed by atoms with E-state index in [1.807, 2.05) is 0 Å². The number of rotatable bonds is 5. The van der Waals surface area contributed by atoms with Crippen molar-refractivity contribution in [2.24, 2.45) is 0 Å². The first-order valence-electron chi connectivity index (χ1n) is 8.47. The van der Waals surface area contributed by atoms with Crippen molar-refractivity contribution < 1.29 is 27.1 Å². The molecule has 1 heterocycles. The lowest BCUT2D eigenvalue weighted by Gasteiger charge is -2.33. The van der Waals surface area contributed by atoms with Gasteiger partial charge in [-0.25, -0.2) is 17.6 Å². The number of nitrogens with one attached hydrogen (secondary N) is 2. The van der Waals surface area contributed by atoms with Crippen molar-refractivity contribution >= 4 is 18.3 Å². The maximum Gasteiger partial charge on any atom is 0.258 e. The molecule has 2 unspecified atom stereocenters. The average Bonchev–Trinajstić information content (AvgIpc) is 2.64. The fourth-order valence-electron chi connectivity index (χ4n) is 3.14. The number of halogens is 5. The standard InChI is InChI=1S/C19H18F4N2O2.ClH/c20-12-2-4-18(16(23)8-12)27-10-19(26)25-17-9-24-6-5-13(17)11-1-3-14(21)15(22)7-11;/h1-4,7-8,13,17,24H,5-6,9-10H2,(H,25,26);1H. The van der Waals surface area contributed by atoms with Gasteiger partial charge < -0.3 is 15.4 Å². The molecule has 3 rings (SSSR count). The van der Waals surface area contributed by atoms with E-state index in [2.05, 4.69) is 10.6 Å². The van der Waals surface area contributed by atoms with E-state index in [1.54, 1.807) is 0 Å². The Labute approximate surface area is 165 Å². The van der Waals surface area contributed by atoms with Crippen molar-refractivity contribution in [3.63, 3.8) is 0 Å². The smallest absolute Gasteiger partial charge is 0.258 e. The Morgan fingerprint density at radius 2 is 1.86 bits per heavy atom. The van der Waals surface area contributed by atoms with Crippen LogP contribution in [0, 0.1) is 23.3 Å². The van der Waals surface area contributed by atoms with Gasteiger partial charge in [-0.05, 0) is 42.8 Å². The van der Waals surface area contributed by atoms with Crippen molar-refractivity contribution in [3.8, 4) is 5.75 Å². The zero-order valence-corrected chi connectivity index (χ0v) is 15.5. The van der Waals surface area contributed by atoms with Gasteiger partial charge in [-0.15, -0.1) is 12.4 Å². The van der Waals surface area contributed by atoms with Gasteiger partial charge in [0.2, 0.25) is 0 Å². The number of amides is 1. The van der Waals surface area contributed by atoms with Crippen LogP contribution in [0.4, 0.5) is 17.6 Å². The van der Waals surface area contributed by atoms with Gasteiger partial charge in [0.25, 0.3) is 5.91 Å². The molecule has 0 aromatic heterocycles. The number of piperidine rings is 1. The molecule has 0 saturated carbocycles. The molecule has 2 aromatic rings. The molecular weight excluding hydrogens is 400 g/mol. The second kappa shape index (κ2) is 9.75. The molecule has 9 heteroatoms. The van der Waals surface area contributed by atoms with Gasteiger partial charge in [0.15, 0.2) is 29.8 Å². The number of hydrogen-bond donors (Lipinski definition) is 2. The van der Waals surface area contributed by atoms with Crippen LogP contribution in [0.2, 0.25) is 0 Å². The Kier molecular flexibility index (Phi) is 7.65. The third-order valence-corrected chi connectivity index (χ3v) is 4.45. The molecule has 1 amide bonds. The summed E-state index contributed by atoms with van der Waals surface area (Å²) in [5.41, 5.74) is 0.589. The third-order valence-electron chi connectivity index (χ3n) is 4.45. The monoisotopic (exact) mass is 418 g/mol. The van der Waals surface area contributed by atoms with Gasteiger partial charge >= 0.3 is 0 Å². The van der Waals surface area contributed by atoms with E-state index in [4.69, 9.17) is 4.74 Å². The minimum absolute atomic E-state index is 0. The molecule has 1 fully saturated rings. The highest BCUT2D eigenvalue weighted by molar-refractivity contribution is 5.85. The number of benzene rings is 2. The number of hydrogen-bond acceptors (Lipinski definition) is 3. The van der Waals surface area contributed by atoms with Crippen LogP contribution in [0.1, 0.15) is 17.9 Å². The first-order valence-corrected chi connectivity index (χ1v) is 8.47. The average molecular weight is 419 g/mol. The lowest BCUT2D eigenvalue weighted by molar-refractivity contribution is -0.124. The highest BCUT2D eigenvalue weighted by Crippen LogP contribution is 2.27. The van der Waals surface area contributed by atoms with Crippen LogP contribution >= 0.6 is 12.4 Å². The fourth-order valence-corrected chi connectivity index (χ4v) is 3.14. The van der Waals surface area contributed by atoms with E-state index in [0.29, 0.717) is 31.1 Å². The Morgan fingerprint density at radius 3 is 2.57 bits per heavy atom. The molecule has 0 bridgehead atoms. The summed E-state index contributed by atoms with van der Waals surface area (Å²) in [6, 6.07) is 6.12. The maximum absolute atomic E-state index is 13.5. The van der Waals surface area contributed by atoms with Gasteiger partial charge in [-0.2, -0.15) is 0 Å². The SMILES string of the molecule is Cl.O=C(COc1ccc(F)cc1F)NC1CNCCC1c1ccc(F)c(F)c1. The Bertz CT molecular complexity index is 838. The molecule has 152 valence electrons. The molecule has 2 N–H and O–H groups in total. The van der Waals surface area contributed by atoms with Crippen LogP contribution in [-0.2, 0) is 4.79 Å². The van der Waals surface area contributed by atoms with Crippen molar-refractivity contribution in [1.82, 2.24) is 10.6 Å². The second-order valence-corrected chi connectivity index (χ2v) is 6.31. The first-order chi connectivity index (χ1) is 12.9. The van der Waals surface area contributed by atoms with Crippen LogP contribution in [0.25, 0.3) is 0 Å². The van der Waals surface area contributed by atoms with Crippen LogP contribution in [0.3, 0.4) is 0 Å². The largest absolute Gasteiger partial charge is 0.481 e. The minimum Gasteiger partial charge on any atom is -0.481 e. The Balaban J connectivity index is 0.00000280. The lowest BCUT2D eigenvalue weighted by atomic mass is 9.86. The summed E-state index contributed by atoms with van der Waals surface area (Å²) in [6.45, 7) is 0.664. The second-order valence-electron chi connectivity index (χ2n) is 6.31.